The molecule has 2 fully saturated rings. The highest BCUT2D eigenvalue weighted by atomic mass is 35.5. The Morgan fingerprint density at radius 1 is 1.18 bits per heavy atom. The number of hydrogen-bond acceptors (Lipinski definition) is 6. The number of anilines is 1. The topological polar surface area (TPSA) is 140 Å². The number of benzene rings is 1. The lowest BCUT2D eigenvalue weighted by Gasteiger charge is -2.35. The zero-order chi connectivity index (χ0) is 31.6. The summed E-state index contributed by atoms with van der Waals surface area (Å²) in [4.78, 5) is 46.1. The molecule has 4 amide bonds. The van der Waals surface area contributed by atoms with E-state index < -0.39 is 17.8 Å². The maximum Gasteiger partial charge on any atom is 0.435 e. The molecule has 5 rings (SSSR count). The molecule has 0 unspecified atom stereocenters. The fourth-order valence-electron chi connectivity index (χ4n) is 5.22. The predicted octanol–water partition coefficient (Wildman–Crippen LogP) is 2.74. The van der Waals surface area contributed by atoms with Crippen LogP contribution in [0.3, 0.4) is 0 Å². The summed E-state index contributed by atoms with van der Waals surface area (Å²) in [7, 11) is 1.40. The van der Waals surface area contributed by atoms with Crippen molar-refractivity contribution in [3.8, 4) is 23.6 Å². The van der Waals surface area contributed by atoms with Crippen LogP contribution in [0.25, 0.3) is 11.3 Å². The normalized spacial score (nSPS) is 17.0. The van der Waals surface area contributed by atoms with Crippen molar-refractivity contribution >= 4 is 35.1 Å². The molecule has 1 aromatic carbocycles. The number of urea groups is 1. The van der Waals surface area contributed by atoms with E-state index in [2.05, 4.69) is 37.1 Å². The Kier molecular flexibility index (Phi) is 8.84. The Morgan fingerprint density at radius 2 is 1.91 bits per heavy atom. The fraction of sp³-hybridized carbons (Fsp3) is 0.393. The minimum absolute atomic E-state index is 0.00595. The van der Waals surface area contributed by atoms with E-state index in [1.807, 2.05) is 0 Å². The Morgan fingerprint density at radius 3 is 2.55 bits per heavy atom. The van der Waals surface area contributed by atoms with Gasteiger partial charge in [-0.2, -0.15) is 18.3 Å². The highest BCUT2D eigenvalue weighted by Gasteiger charge is 2.39. The summed E-state index contributed by atoms with van der Waals surface area (Å²) in [5.74, 6) is 1.08. The molecule has 16 heteroatoms. The van der Waals surface area contributed by atoms with Gasteiger partial charge in [-0.05, 0) is 31.2 Å². The number of hydrogen-bond donors (Lipinski definition) is 4. The van der Waals surface area contributed by atoms with Crippen molar-refractivity contribution in [1.29, 1.82) is 0 Å². The third-order valence-electron chi connectivity index (χ3n) is 7.54. The molecular weight excluding hydrogens is 603 g/mol. The van der Waals surface area contributed by atoms with Crippen LogP contribution in [0.15, 0.2) is 24.4 Å². The predicted molar refractivity (Wildman–Crippen MR) is 155 cm³/mol. The van der Waals surface area contributed by atoms with Crippen molar-refractivity contribution in [2.75, 3.05) is 44.6 Å². The number of H-pyrrole nitrogens is 1. The maximum atomic E-state index is 13.6. The largest absolute Gasteiger partial charge is 0.435 e. The number of nitrogens with zero attached hydrogens (tertiary/aromatic N) is 5. The molecule has 2 saturated heterocycles. The molecule has 44 heavy (non-hydrogen) atoms. The zero-order valence-corrected chi connectivity index (χ0v) is 24.3. The van der Waals surface area contributed by atoms with Crippen LogP contribution in [0.5, 0.6) is 0 Å². The lowest BCUT2D eigenvalue weighted by atomic mass is 10.1. The maximum absolute atomic E-state index is 13.6. The van der Waals surface area contributed by atoms with Gasteiger partial charge in [0, 0.05) is 51.5 Å². The van der Waals surface area contributed by atoms with Gasteiger partial charge in [0.25, 0.3) is 11.8 Å². The minimum atomic E-state index is -4.77. The summed E-state index contributed by atoms with van der Waals surface area (Å²) in [5.41, 5.74) is -0.934. The summed E-state index contributed by atoms with van der Waals surface area (Å²) in [6.07, 6.45) is 2.42. The number of halogens is 4. The van der Waals surface area contributed by atoms with E-state index in [0.29, 0.717) is 26.2 Å². The number of carbonyl (C=O) groups is 3. The van der Waals surface area contributed by atoms with Gasteiger partial charge in [0.05, 0.1) is 40.2 Å². The lowest BCUT2D eigenvalue weighted by molar-refractivity contribution is -0.140. The number of aromatic nitrogens is 4. The van der Waals surface area contributed by atoms with Crippen LogP contribution >= 0.6 is 11.6 Å². The Labute approximate surface area is 255 Å². The first-order valence-corrected chi connectivity index (χ1v) is 14.1. The summed E-state index contributed by atoms with van der Waals surface area (Å²) in [5, 5.41) is 14.6. The molecular formula is C28H29ClF3N9O3. The van der Waals surface area contributed by atoms with Crippen molar-refractivity contribution in [3.63, 3.8) is 0 Å². The number of imidazole rings is 1. The minimum Gasteiger partial charge on any atom is -0.335 e. The van der Waals surface area contributed by atoms with E-state index in [-0.39, 0.29) is 63.5 Å². The van der Waals surface area contributed by atoms with E-state index in [1.54, 1.807) is 9.80 Å². The van der Waals surface area contributed by atoms with E-state index in [0.717, 1.165) is 25.7 Å². The summed E-state index contributed by atoms with van der Waals surface area (Å²) in [6.45, 7) is 3.03. The SMILES string of the molecule is C#CCc1[nH]nc(C(F)(F)F)c1-c1cnc(C(=O)Nc2ccc(C(=O)N3CCN(C(=O)N[C@H]4CCNC4)CC3)c(Cl)c2)n1C. The molecule has 232 valence electrons. The number of terminal acetylenes is 1. The number of amides is 4. The standard InChI is InChI=1S/C28H29ClF3N9O3/c1-3-4-20-22(23(38-37-20)28(30,31)32)21-15-34-24(39(21)2)25(42)35-16-5-6-18(19(29)13-16)26(43)40-9-11-41(12-10-40)27(44)36-17-7-8-33-14-17/h1,5-6,13,15,17,33H,4,7-12,14H2,2H3,(H,35,42)(H,36,44)(H,37,38)/t17-/m0/s1. The van der Waals surface area contributed by atoms with E-state index >= 15 is 0 Å². The third kappa shape index (κ3) is 6.36. The van der Waals surface area contributed by atoms with Gasteiger partial charge in [-0.25, -0.2) is 9.78 Å². The van der Waals surface area contributed by atoms with Gasteiger partial charge in [0.1, 0.15) is 0 Å². The Balaban J connectivity index is 1.24. The van der Waals surface area contributed by atoms with Gasteiger partial charge in [0.2, 0.25) is 0 Å². The number of nitrogens with one attached hydrogen (secondary N) is 4. The van der Waals surface area contributed by atoms with Gasteiger partial charge in [-0.15, -0.1) is 12.3 Å². The first-order valence-electron chi connectivity index (χ1n) is 13.7. The lowest BCUT2D eigenvalue weighted by Crippen LogP contribution is -2.54. The van der Waals surface area contributed by atoms with Crippen molar-refractivity contribution in [2.24, 2.45) is 7.05 Å². The summed E-state index contributed by atoms with van der Waals surface area (Å²) in [6, 6.07) is 4.32. The van der Waals surface area contributed by atoms with Gasteiger partial charge >= 0.3 is 12.2 Å². The third-order valence-corrected chi connectivity index (χ3v) is 7.85. The molecule has 0 saturated carbocycles. The summed E-state index contributed by atoms with van der Waals surface area (Å²) < 4.78 is 42.1. The number of carbonyl (C=O) groups excluding carboxylic acids is 3. The van der Waals surface area contributed by atoms with Crippen molar-refractivity contribution < 1.29 is 27.6 Å². The smallest absolute Gasteiger partial charge is 0.335 e. The molecule has 0 radical (unpaired) electrons. The van der Waals surface area contributed by atoms with Gasteiger partial charge in [0.15, 0.2) is 11.5 Å². The summed E-state index contributed by atoms with van der Waals surface area (Å²) >= 11 is 6.42. The van der Waals surface area contributed by atoms with E-state index in [4.69, 9.17) is 18.0 Å². The van der Waals surface area contributed by atoms with Crippen LogP contribution in [0.4, 0.5) is 23.7 Å². The second-order valence-electron chi connectivity index (χ2n) is 10.4. The second kappa shape index (κ2) is 12.6. The van der Waals surface area contributed by atoms with Crippen LogP contribution in [-0.2, 0) is 19.6 Å². The Hall–Kier alpha value is -4.55. The van der Waals surface area contributed by atoms with Crippen LogP contribution in [0.1, 0.15) is 38.8 Å². The molecule has 1 atom stereocenters. The molecule has 2 aromatic heterocycles. The van der Waals surface area contributed by atoms with Gasteiger partial charge in [-0.1, -0.05) is 11.6 Å². The quantitative estimate of drug-likeness (QED) is 0.309. The van der Waals surface area contributed by atoms with Crippen molar-refractivity contribution in [2.45, 2.75) is 25.1 Å². The monoisotopic (exact) mass is 631 g/mol. The molecule has 3 aromatic rings. The molecule has 0 spiro atoms. The van der Waals surface area contributed by atoms with Crippen LogP contribution < -0.4 is 16.0 Å². The average molecular weight is 632 g/mol. The number of aromatic amines is 1. The molecule has 4 heterocycles. The van der Waals surface area contributed by atoms with Gasteiger partial charge in [-0.3, -0.25) is 14.7 Å². The molecule has 4 N–H and O–H groups in total. The molecule has 0 bridgehead atoms. The first kappa shape index (κ1) is 30.9. The van der Waals surface area contributed by atoms with Crippen LogP contribution in [-0.4, -0.2) is 92.7 Å². The average Bonchev–Trinajstić information content (AvgIpc) is 3.73. The second-order valence-corrected chi connectivity index (χ2v) is 10.8. The molecule has 2 aliphatic heterocycles. The highest BCUT2D eigenvalue weighted by molar-refractivity contribution is 6.34. The number of piperazine rings is 1. The number of rotatable bonds is 6. The van der Waals surface area contributed by atoms with Gasteiger partial charge < -0.3 is 30.3 Å². The van der Waals surface area contributed by atoms with Crippen LogP contribution in [0.2, 0.25) is 5.02 Å². The first-order chi connectivity index (χ1) is 21.0. The highest BCUT2D eigenvalue weighted by Crippen LogP contribution is 2.38. The van der Waals surface area contributed by atoms with E-state index in [1.165, 1.54) is 29.8 Å². The van der Waals surface area contributed by atoms with E-state index in [9.17, 15) is 27.6 Å². The Bertz CT molecular complexity index is 1610. The zero-order valence-electron chi connectivity index (χ0n) is 23.6. The van der Waals surface area contributed by atoms with Crippen molar-refractivity contribution in [1.82, 2.24) is 40.2 Å². The van der Waals surface area contributed by atoms with Crippen molar-refractivity contribution in [3.05, 3.63) is 52.2 Å². The molecule has 0 aliphatic carbocycles. The molecule has 2 aliphatic rings. The molecule has 12 nitrogen and oxygen atoms in total. The fourth-order valence-corrected chi connectivity index (χ4v) is 5.48. The number of alkyl halides is 3. The van der Waals surface area contributed by atoms with Crippen LogP contribution in [0, 0.1) is 12.3 Å².